The third-order valence-corrected chi connectivity index (χ3v) is 7.03. The number of rotatable bonds is 5. The first-order chi connectivity index (χ1) is 12.8. The van der Waals surface area contributed by atoms with Crippen LogP contribution in [-0.2, 0) is 14.8 Å². The average molecular weight is 394 g/mol. The number of nitrogens with two attached hydrogens (primary N) is 1. The summed E-state index contributed by atoms with van der Waals surface area (Å²) in [5.74, 6) is -0.286. The van der Waals surface area contributed by atoms with Crippen LogP contribution in [0.3, 0.4) is 0 Å². The van der Waals surface area contributed by atoms with Gasteiger partial charge in [0.05, 0.1) is 11.5 Å². The van der Waals surface area contributed by atoms with Gasteiger partial charge in [0, 0.05) is 30.1 Å². The first-order valence-electron chi connectivity index (χ1n) is 9.21. The van der Waals surface area contributed by atoms with Crippen LogP contribution < -0.4 is 5.73 Å². The minimum Gasteiger partial charge on any atom is -0.460 e. The lowest BCUT2D eigenvalue weighted by Gasteiger charge is -2.33. The van der Waals surface area contributed by atoms with Gasteiger partial charge < -0.3 is 14.9 Å². The number of carbonyl (C=O) groups is 1. The zero-order valence-corrected chi connectivity index (χ0v) is 16.7. The standard InChI is InChI=1S/C19H26N2O5S/c1-4-25-19(22)18-12(2)16-10-15(7-8-17(16)26-18)27(23,24)21-9-5-6-14(11-21)13(3)20/h7-8,10,13-14H,4-6,9,11,20H2,1-3H3. The Labute approximate surface area is 159 Å². The summed E-state index contributed by atoms with van der Waals surface area (Å²) in [5.41, 5.74) is 7.02. The predicted octanol–water partition coefficient (Wildman–Crippen LogP) is 2.67. The lowest BCUT2D eigenvalue weighted by molar-refractivity contribution is 0.0491. The van der Waals surface area contributed by atoms with Gasteiger partial charge in [-0.2, -0.15) is 4.31 Å². The molecule has 2 heterocycles. The Morgan fingerprint density at radius 1 is 1.44 bits per heavy atom. The molecule has 0 radical (unpaired) electrons. The summed E-state index contributed by atoms with van der Waals surface area (Å²) in [4.78, 5) is 12.2. The number of sulfonamides is 1. The van der Waals surface area contributed by atoms with E-state index in [0.29, 0.717) is 29.6 Å². The molecule has 148 valence electrons. The van der Waals surface area contributed by atoms with Crippen LogP contribution in [0.2, 0.25) is 0 Å². The number of hydrogen-bond donors (Lipinski definition) is 1. The van der Waals surface area contributed by atoms with Gasteiger partial charge in [-0.05, 0) is 57.7 Å². The summed E-state index contributed by atoms with van der Waals surface area (Å²) < 4.78 is 38.3. The number of carbonyl (C=O) groups excluding carboxylic acids is 1. The second kappa shape index (κ2) is 7.61. The fourth-order valence-electron chi connectivity index (χ4n) is 3.52. The lowest BCUT2D eigenvalue weighted by atomic mass is 9.93. The molecule has 1 aliphatic heterocycles. The van der Waals surface area contributed by atoms with Gasteiger partial charge in [0.15, 0.2) is 0 Å². The molecule has 0 spiro atoms. The van der Waals surface area contributed by atoms with Crippen LogP contribution in [0.4, 0.5) is 0 Å². The zero-order valence-electron chi connectivity index (χ0n) is 15.9. The van der Waals surface area contributed by atoms with Crippen LogP contribution in [0, 0.1) is 12.8 Å². The van der Waals surface area contributed by atoms with Crippen molar-refractivity contribution in [3.63, 3.8) is 0 Å². The Bertz CT molecular complexity index is 948. The maximum Gasteiger partial charge on any atom is 0.374 e. The molecule has 3 rings (SSSR count). The number of hydrogen-bond acceptors (Lipinski definition) is 6. The Morgan fingerprint density at radius 3 is 2.85 bits per heavy atom. The van der Waals surface area contributed by atoms with Crippen molar-refractivity contribution in [3.8, 4) is 0 Å². The maximum absolute atomic E-state index is 13.1. The molecule has 2 unspecified atom stereocenters. The Morgan fingerprint density at radius 2 is 2.19 bits per heavy atom. The normalized spacial score (nSPS) is 19.9. The van der Waals surface area contributed by atoms with Crippen LogP contribution in [0.25, 0.3) is 11.0 Å². The second-order valence-corrected chi connectivity index (χ2v) is 9.00. The maximum atomic E-state index is 13.1. The van der Waals surface area contributed by atoms with Crippen molar-refractivity contribution in [1.82, 2.24) is 4.31 Å². The van der Waals surface area contributed by atoms with Crippen molar-refractivity contribution in [2.45, 2.75) is 44.6 Å². The SMILES string of the molecule is CCOC(=O)c1oc2ccc(S(=O)(=O)N3CCCC(C(C)N)C3)cc2c1C. The number of nitrogens with zero attached hydrogens (tertiary/aromatic N) is 1. The van der Waals surface area contributed by atoms with Gasteiger partial charge in [-0.15, -0.1) is 0 Å². The van der Waals surface area contributed by atoms with Crippen molar-refractivity contribution in [1.29, 1.82) is 0 Å². The van der Waals surface area contributed by atoms with E-state index in [9.17, 15) is 13.2 Å². The van der Waals surface area contributed by atoms with E-state index in [1.807, 2.05) is 6.92 Å². The molecule has 7 nitrogen and oxygen atoms in total. The monoisotopic (exact) mass is 394 g/mol. The number of furan rings is 1. The molecule has 0 bridgehead atoms. The molecule has 1 fully saturated rings. The molecule has 0 aliphatic carbocycles. The van der Waals surface area contributed by atoms with Gasteiger partial charge in [0.2, 0.25) is 15.8 Å². The summed E-state index contributed by atoms with van der Waals surface area (Å²) in [5, 5.41) is 0.597. The predicted molar refractivity (Wildman–Crippen MR) is 102 cm³/mol. The highest BCUT2D eigenvalue weighted by atomic mass is 32.2. The minimum atomic E-state index is -3.64. The van der Waals surface area contributed by atoms with Gasteiger partial charge in [-0.25, -0.2) is 13.2 Å². The van der Waals surface area contributed by atoms with Crippen molar-refractivity contribution in [2.24, 2.45) is 11.7 Å². The van der Waals surface area contributed by atoms with Gasteiger partial charge in [0.25, 0.3) is 0 Å². The fourth-order valence-corrected chi connectivity index (χ4v) is 5.08. The first-order valence-corrected chi connectivity index (χ1v) is 10.7. The van der Waals surface area contributed by atoms with Crippen LogP contribution in [0.15, 0.2) is 27.5 Å². The highest BCUT2D eigenvalue weighted by molar-refractivity contribution is 7.89. The largest absolute Gasteiger partial charge is 0.460 e. The molecule has 2 N–H and O–H groups in total. The summed E-state index contributed by atoms with van der Waals surface area (Å²) in [7, 11) is -3.64. The number of fused-ring (bicyclic) bond motifs is 1. The zero-order chi connectivity index (χ0) is 19.8. The third-order valence-electron chi connectivity index (χ3n) is 5.17. The van der Waals surface area contributed by atoms with E-state index in [1.54, 1.807) is 26.0 Å². The summed E-state index contributed by atoms with van der Waals surface area (Å²) in [6, 6.07) is 4.63. The number of aryl methyl sites for hydroxylation is 1. The van der Waals surface area contributed by atoms with E-state index in [2.05, 4.69) is 0 Å². The van der Waals surface area contributed by atoms with E-state index in [0.717, 1.165) is 12.8 Å². The number of piperidine rings is 1. The van der Waals surface area contributed by atoms with Gasteiger partial charge in [-0.3, -0.25) is 0 Å². The van der Waals surface area contributed by atoms with Crippen molar-refractivity contribution < 1.29 is 22.4 Å². The number of ether oxygens (including phenoxy) is 1. The van der Waals surface area contributed by atoms with E-state index >= 15 is 0 Å². The molecule has 8 heteroatoms. The molecule has 1 aromatic carbocycles. The molecule has 1 aromatic heterocycles. The Hall–Kier alpha value is -1.90. The van der Waals surface area contributed by atoms with Crippen LogP contribution in [-0.4, -0.2) is 44.4 Å². The van der Waals surface area contributed by atoms with Crippen LogP contribution >= 0.6 is 0 Å². The number of benzene rings is 1. The topological polar surface area (TPSA) is 103 Å². The average Bonchev–Trinajstić information content (AvgIpc) is 2.98. The Kier molecular flexibility index (Phi) is 5.60. The number of esters is 1. The third kappa shape index (κ3) is 3.74. The molecule has 2 aromatic rings. The molecule has 1 aliphatic rings. The van der Waals surface area contributed by atoms with E-state index in [4.69, 9.17) is 14.9 Å². The molecule has 0 saturated carbocycles. The molecule has 2 atom stereocenters. The molecule has 0 amide bonds. The minimum absolute atomic E-state index is 0.0475. The smallest absolute Gasteiger partial charge is 0.374 e. The summed E-state index contributed by atoms with van der Waals surface area (Å²) in [6.07, 6.45) is 1.73. The Balaban J connectivity index is 1.96. The molecular formula is C19H26N2O5S. The van der Waals surface area contributed by atoms with Gasteiger partial charge in [-0.1, -0.05) is 0 Å². The van der Waals surface area contributed by atoms with Crippen molar-refractivity contribution in [3.05, 3.63) is 29.5 Å². The molecular weight excluding hydrogens is 368 g/mol. The molecule has 1 saturated heterocycles. The summed E-state index contributed by atoms with van der Waals surface area (Å²) >= 11 is 0. The quantitative estimate of drug-likeness (QED) is 0.782. The van der Waals surface area contributed by atoms with E-state index in [1.165, 1.54) is 10.4 Å². The highest BCUT2D eigenvalue weighted by Gasteiger charge is 2.32. The first kappa shape index (κ1) is 19.9. The fraction of sp³-hybridized carbons (Fsp3) is 0.526. The van der Waals surface area contributed by atoms with E-state index < -0.39 is 16.0 Å². The molecule has 27 heavy (non-hydrogen) atoms. The van der Waals surface area contributed by atoms with Crippen molar-refractivity contribution >= 4 is 27.0 Å². The highest BCUT2D eigenvalue weighted by Crippen LogP contribution is 2.31. The van der Waals surface area contributed by atoms with Crippen LogP contribution in [0.1, 0.15) is 42.8 Å². The van der Waals surface area contributed by atoms with Gasteiger partial charge in [0.1, 0.15) is 5.58 Å². The van der Waals surface area contributed by atoms with Crippen molar-refractivity contribution in [2.75, 3.05) is 19.7 Å². The van der Waals surface area contributed by atoms with E-state index in [-0.39, 0.29) is 29.2 Å². The lowest BCUT2D eigenvalue weighted by Crippen LogP contribution is -2.44. The van der Waals surface area contributed by atoms with Gasteiger partial charge >= 0.3 is 5.97 Å². The second-order valence-electron chi connectivity index (χ2n) is 7.06. The van der Waals surface area contributed by atoms with Crippen LogP contribution in [0.5, 0.6) is 0 Å². The summed E-state index contributed by atoms with van der Waals surface area (Å²) in [6.45, 7) is 6.51.